The highest BCUT2D eigenvalue weighted by atomic mass is 14.9. The Balaban J connectivity index is 2.23. The van der Waals surface area contributed by atoms with Gasteiger partial charge in [0.1, 0.15) is 0 Å². The predicted molar refractivity (Wildman–Crippen MR) is 52.9 cm³/mol. The van der Waals surface area contributed by atoms with E-state index >= 15 is 0 Å². The summed E-state index contributed by atoms with van der Waals surface area (Å²) in [4.78, 5) is 0. The van der Waals surface area contributed by atoms with Gasteiger partial charge in [0.15, 0.2) is 0 Å². The molecule has 0 aromatic carbocycles. The molecule has 1 nitrogen and oxygen atoms in total. The molecule has 12 heavy (non-hydrogen) atoms. The van der Waals surface area contributed by atoms with Gasteiger partial charge in [0.25, 0.3) is 0 Å². The molecular weight excluding hydrogens is 146 g/mol. The van der Waals surface area contributed by atoms with Crippen LogP contribution in [-0.4, -0.2) is 12.6 Å². The molecule has 0 unspecified atom stereocenters. The number of nitrogens with one attached hydrogen (secondary N) is 1. The molecule has 0 aromatic heterocycles. The third-order valence-electron chi connectivity index (χ3n) is 2.83. The molecule has 1 aliphatic carbocycles. The van der Waals surface area contributed by atoms with Crippen molar-refractivity contribution in [2.45, 2.75) is 45.6 Å². The molecule has 0 aromatic rings. The molecule has 1 heteroatoms. The van der Waals surface area contributed by atoms with Gasteiger partial charge in [-0.1, -0.05) is 19.8 Å². The van der Waals surface area contributed by atoms with Crippen molar-refractivity contribution in [1.82, 2.24) is 5.32 Å². The van der Waals surface area contributed by atoms with Crippen molar-refractivity contribution < 1.29 is 0 Å². The Morgan fingerprint density at radius 3 is 2.50 bits per heavy atom. The van der Waals surface area contributed by atoms with E-state index in [0.717, 1.165) is 6.54 Å². The quantitative estimate of drug-likeness (QED) is 0.618. The van der Waals surface area contributed by atoms with Gasteiger partial charge in [0.2, 0.25) is 0 Å². The van der Waals surface area contributed by atoms with Crippen LogP contribution in [0.4, 0.5) is 0 Å². The van der Waals surface area contributed by atoms with Gasteiger partial charge in [0, 0.05) is 6.04 Å². The van der Waals surface area contributed by atoms with Crippen LogP contribution < -0.4 is 5.32 Å². The van der Waals surface area contributed by atoms with Crippen molar-refractivity contribution in [3.05, 3.63) is 0 Å². The van der Waals surface area contributed by atoms with E-state index in [1.54, 1.807) is 0 Å². The van der Waals surface area contributed by atoms with E-state index in [2.05, 4.69) is 25.1 Å². The SMILES string of the molecule is C#CCNC1CCC(C)(C)CC1. The Labute approximate surface area is 75.9 Å². The highest BCUT2D eigenvalue weighted by molar-refractivity contribution is 4.90. The summed E-state index contributed by atoms with van der Waals surface area (Å²) in [5.41, 5.74) is 0.564. The van der Waals surface area contributed by atoms with Crippen molar-refractivity contribution in [1.29, 1.82) is 0 Å². The fourth-order valence-corrected chi connectivity index (χ4v) is 1.81. The summed E-state index contributed by atoms with van der Waals surface area (Å²) in [7, 11) is 0. The van der Waals surface area contributed by atoms with Crippen molar-refractivity contribution in [3.8, 4) is 12.3 Å². The Morgan fingerprint density at radius 1 is 1.42 bits per heavy atom. The second-order valence-electron chi connectivity index (χ2n) is 4.52. The van der Waals surface area contributed by atoms with Gasteiger partial charge >= 0.3 is 0 Å². The van der Waals surface area contributed by atoms with Crippen LogP contribution in [0.2, 0.25) is 0 Å². The zero-order chi connectivity index (χ0) is 9.03. The third kappa shape index (κ3) is 2.87. The summed E-state index contributed by atoms with van der Waals surface area (Å²) in [6, 6.07) is 0.675. The van der Waals surface area contributed by atoms with Crippen molar-refractivity contribution in [2.24, 2.45) is 5.41 Å². The second-order valence-corrected chi connectivity index (χ2v) is 4.52. The van der Waals surface area contributed by atoms with Crippen LogP contribution in [0.3, 0.4) is 0 Å². The van der Waals surface area contributed by atoms with E-state index in [4.69, 9.17) is 6.42 Å². The van der Waals surface area contributed by atoms with Crippen LogP contribution in [0.25, 0.3) is 0 Å². The molecule has 0 bridgehead atoms. The molecule has 0 aliphatic heterocycles. The number of rotatable bonds is 2. The van der Waals surface area contributed by atoms with Gasteiger partial charge in [-0.15, -0.1) is 6.42 Å². The Morgan fingerprint density at radius 2 is 2.00 bits per heavy atom. The van der Waals surface area contributed by atoms with Crippen LogP contribution >= 0.6 is 0 Å². The van der Waals surface area contributed by atoms with E-state index in [-0.39, 0.29) is 0 Å². The number of hydrogen-bond acceptors (Lipinski definition) is 1. The van der Waals surface area contributed by atoms with E-state index in [1.807, 2.05) is 0 Å². The maximum absolute atomic E-state index is 5.19. The lowest BCUT2D eigenvalue weighted by atomic mass is 9.75. The van der Waals surface area contributed by atoms with E-state index < -0.39 is 0 Å². The molecule has 0 saturated heterocycles. The van der Waals surface area contributed by atoms with Crippen LogP contribution in [-0.2, 0) is 0 Å². The molecule has 1 N–H and O–H groups in total. The zero-order valence-corrected chi connectivity index (χ0v) is 8.19. The minimum Gasteiger partial charge on any atom is -0.303 e. The molecule has 0 atom stereocenters. The summed E-state index contributed by atoms with van der Waals surface area (Å²) in [6.45, 7) is 5.43. The van der Waals surface area contributed by atoms with Gasteiger partial charge in [-0.2, -0.15) is 0 Å². The highest BCUT2D eigenvalue weighted by Crippen LogP contribution is 2.34. The monoisotopic (exact) mass is 165 g/mol. The van der Waals surface area contributed by atoms with E-state index in [0.29, 0.717) is 11.5 Å². The Bertz CT molecular complexity index is 166. The summed E-state index contributed by atoms with van der Waals surface area (Å²) in [5, 5.41) is 3.37. The van der Waals surface area contributed by atoms with Gasteiger partial charge in [-0.25, -0.2) is 0 Å². The molecule has 0 heterocycles. The molecule has 1 aliphatic rings. The first kappa shape index (κ1) is 9.61. The molecule has 68 valence electrons. The van der Waals surface area contributed by atoms with Crippen molar-refractivity contribution >= 4 is 0 Å². The minimum absolute atomic E-state index is 0.564. The summed E-state index contributed by atoms with van der Waals surface area (Å²) >= 11 is 0. The highest BCUT2D eigenvalue weighted by Gasteiger charge is 2.25. The molecule has 0 spiro atoms. The van der Waals surface area contributed by atoms with Crippen molar-refractivity contribution in [3.63, 3.8) is 0 Å². The first-order valence-electron chi connectivity index (χ1n) is 4.81. The molecule has 1 rings (SSSR count). The Kier molecular flexibility index (Phi) is 3.17. The first-order valence-corrected chi connectivity index (χ1v) is 4.81. The average molecular weight is 165 g/mol. The molecular formula is C11H19N. The lowest BCUT2D eigenvalue weighted by molar-refractivity contribution is 0.209. The molecule has 0 radical (unpaired) electrons. The number of terminal acetylenes is 1. The second kappa shape index (κ2) is 3.96. The lowest BCUT2D eigenvalue weighted by Gasteiger charge is -2.34. The standard InChI is InChI=1S/C11H19N/c1-4-9-12-10-5-7-11(2,3)8-6-10/h1,10,12H,5-9H2,2-3H3. The van der Waals surface area contributed by atoms with Crippen LogP contribution in [0.1, 0.15) is 39.5 Å². The minimum atomic E-state index is 0.564. The molecule has 1 saturated carbocycles. The zero-order valence-electron chi connectivity index (χ0n) is 8.19. The van der Waals surface area contributed by atoms with Crippen LogP contribution in [0.15, 0.2) is 0 Å². The van der Waals surface area contributed by atoms with Gasteiger partial charge in [-0.05, 0) is 31.1 Å². The van der Waals surface area contributed by atoms with Crippen LogP contribution in [0.5, 0.6) is 0 Å². The number of hydrogen-bond donors (Lipinski definition) is 1. The van der Waals surface area contributed by atoms with E-state index in [9.17, 15) is 0 Å². The van der Waals surface area contributed by atoms with Gasteiger partial charge in [-0.3, -0.25) is 0 Å². The lowest BCUT2D eigenvalue weighted by Crippen LogP contribution is -2.35. The predicted octanol–water partition coefficient (Wildman–Crippen LogP) is 2.18. The van der Waals surface area contributed by atoms with Gasteiger partial charge in [0.05, 0.1) is 6.54 Å². The Hall–Kier alpha value is -0.480. The molecule has 1 fully saturated rings. The summed E-state index contributed by atoms with van der Waals surface area (Å²) in [6.07, 6.45) is 10.4. The fraction of sp³-hybridized carbons (Fsp3) is 0.818. The maximum atomic E-state index is 5.19. The largest absolute Gasteiger partial charge is 0.303 e. The smallest absolute Gasteiger partial charge is 0.0575 e. The summed E-state index contributed by atoms with van der Waals surface area (Å²) in [5.74, 6) is 2.62. The van der Waals surface area contributed by atoms with Crippen molar-refractivity contribution in [2.75, 3.05) is 6.54 Å². The normalized spacial score (nSPS) is 23.4. The summed E-state index contributed by atoms with van der Waals surface area (Å²) < 4.78 is 0. The topological polar surface area (TPSA) is 12.0 Å². The van der Waals surface area contributed by atoms with Crippen LogP contribution in [0, 0.1) is 17.8 Å². The first-order chi connectivity index (χ1) is 5.64. The fourth-order valence-electron chi connectivity index (χ4n) is 1.81. The van der Waals surface area contributed by atoms with Gasteiger partial charge < -0.3 is 5.32 Å². The van der Waals surface area contributed by atoms with E-state index in [1.165, 1.54) is 25.7 Å². The average Bonchev–Trinajstić information content (AvgIpc) is 2.03. The molecule has 0 amide bonds. The third-order valence-corrected chi connectivity index (χ3v) is 2.83. The maximum Gasteiger partial charge on any atom is 0.0575 e.